The number of ketones is 1. The summed E-state index contributed by atoms with van der Waals surface area (Å²) in [4.78, 5) is 11.3. The van der Waals surface area contributed by atoms with Crippen LogP contribution in [-0.4, -0.2) is 5.78 Å². The van der Waals surface area contributed by atoms with Gasteiger partial charge in [-0.15, -0.1) is 0 Å². The standard InChI is InChI=1S/C13H22O/c14-13-11-9-7-5-3-1-2-4-6-8-10-12-13/h9,11H,1-8,10,12H2/b11-9+. The predicted molar refractivity (Wildman–Crippen MR) is 60.3 cm³/mol. The topological polar surface area (TPSA) is 17.1 Å². The highest BCUT2D eigenvalue weighted by molar-refractivity contribution is 5.89. The van der Waals surface area contributed by atoms with E-state index in [-0.39, 0.29) is 0 Å². The third-order valence-electron chi connectivity index (χ3n) is 2.85. The van der Waals surface area contributed by atoms with Gasteiger partial charge in [0.05, 0.1) is 0 Å². The number of hydrogen-bond donors (Lipinski definition) is 0. The first-order chi connectivity index (χ1) is 6.89. The number of allylic oxidation sites excluding steroid dienone is 2. The van der Waals surface area contributed by atoms with Crippen LogP contribution in [0.15, 0.2) is 12.2 Å². The molecule has 0 fully saturated rings. The minimum Gasteiger partial charge on any atom is -0.295 e. The van der Waals surface area contributed by atoms with Gasteiger partial charge in [0.25, 0.3) is 0 Å². The van der Waals surface area contributed by atoms with Crippen LogP contribution in [0.4, 0.5) is 0 Å². The van der Waals surface area contributed by atoms with Crippen LogP contribution in [0.5, 0.6) is 0 Å². The van der Waals surface area contributed by atoms with E-state index in [4.69, 9.17) is 0 Å². The normalized spacial score (nSPS) is 24.4. The van der Waals surface area contributed by atoms with E-state index in [1.165, 1.54) is 44.9 Å². The molecule has 1 heteroatoms. The molecule has 0 unspecified atom stereocenters. The highest BCUT2D eigenvalue weighted by Gasteiger charge is 1.98. The lowest BCUT2D eigenvalue weighted by Crippen LogP contribution is -1.91. The fourth-order valence-electron chi connectivity index (χ4n) is 1.92. The maximum absolute atomic E-state index is 11.3. The first-order valence-corrected chi connectivity index (χ1v) is 6.09. The first-order valence-electron chi connectivity index (χ1n) is 6.09. The molecular weight excluding hydrogens is 172 g/mol. The molecule has 0 heterocycles. The summed E-state index contributed by atoms with van der Waals surface area (Å²) in [6, 6.07) is 0. The van der Waals surface area contributed by atoms with Crippen LogP contribution in [0.2, 0.25) is 0 Å². The Morgan fingerprint density at radius 1 is 0.786 bits per heavy atom. The Labute approximate surface area is 87.6 Å². The van der Waals surface area contributed by atoms with E-state index in [2.05, 4.69) is 6.08 Å². The fourth-order valence-corrected chi connectivity index (χ4v) is 1.92. The average Bonchev–Trinajstić information content (AvgIpc) is 2.20. The van der Waals surface area contributed by atoms with Crippen molar-refractivity contribution in [1.29, 1.82) is 0 Å². The van der Waals surface area contributed by atoms with Crippen LogP contribution in [0.3, 0.4) is 0 Å². The van der Waals surface area contributed by atoms with Gasteiger partial charge in [-0.2, -0.15) is 0 Å². The number of carbonyl (C=O) groups is 1. The van der Waals surface area contributed by atoms with Crippen LogP contribution in [0.1, 0.15) is 64.2 Å². The van der Waals surface area contributed by atoms with Crippen LogP contribution in [0.25, 0.3) is 0 Å². The van der Waals surface area contributed by atoms with Crippen LogP contribution in [0, 0.1) is 0 Å². The van der Waals surface area contributed by atoms with Crippen molar-refractivity contribution in [2.24, 2.45) is 0 Å². The van der Waals surface area contributed by atoms with Gasteiger partial charge in [0.2, 0.25) is 0 Å². The molecule has 0 bridgehead atoms. The minimum absolute atomic E-state index is 0.323. The summed E-state index contributed by atoms with van der Waals surface area (Å²) in [5.74, 6) is 0.323. The molecule has 0 amide bonds. The van der Waals surface area contributed by atoms with Gasteiger partial charge in [-0.25, -0.2) is 0 Å². The van der Waals surface area contributed by atoms with E-state index in [0.29, 0.717) is 5.78 Å². The second-order valence-corrected chi connectivity index (χ2v) is 4.24. The van der Waals surface area contributed by atoms with E-state index in [0.717, 1.165) is 19.3 Å². The molecule has 0 spiro atoms. The van der Waals surface area contributed by atoms with Crippen molar-refractivity contribution >= 4 is 5.78 Å². The minimum atomic E-state index is 0.323. The number of rotatable bonds is 0. The zero-order valence-electron chi connectivity index (χ0n) is 9.13. The molecule has 1 aliphatic carbocycles. The van der Waals surface area contributed by atoms with Gasteiger partial charge in [-0.05, 0) is 25.3 Å². The molecule has 0 aromatic heterocycles. The van der Waals surface area contributed by atoms with Gasteiger partial charge in [0, 0.05) is 6.42 Å². The summed E-state index contributed by atoms with van der Waals surface area (Å²) >= 11 is 0. The summed E-state index contributed by atoms with van der Waals surface area (Å²) in [6.45, 7) is 0. The van der Waals surface area contributed by atoms with Gasteiger partial charge >= 0.3 is 0 Å². The Kier molecular flexibility index (Phi) is 6.38. The molecule has 80 valence electrons. The molecule has 0 N–H and O–H groups in total. The quantitative estimate of drug-likeness (QED) is 0.569. The van der Waals surface area contributed by atoms with Crippen molar-refractivity contribution in [3.8, 4) is 0 Å². The molecule has 0 saturated carbocycles. The fraction of sp³-hybridized carbons (Fsp3) is 0.769. The van der Waals surface area contributed by atoms with Crippen LogP contribution < -0.4 is 0 Å². The highest BCUT2D eigenvalue weighted by Crippen LogP contribution is 2.12. The third-order valence-corrected chi connectivity index (χ3v) is 2.85. The van der Waals surface area contributed by atoms with E-state index < -0.39 is 0 Å². The van der Waals surface area contributed by atoms with Crippen molar-refractivity contribution in [1.82, 2.24) is 0 Å². The Balaban J connectivity index is 2.24. The molecule has 0 aromatic rings. The van der Waals surface area contributed by atoms with Crippen molar-refractivity contribution in [2.75, 3.05) is 0 Å². The van der Waals surface area contributed by atoms with E-state index in [1.54, 1.807) is 6.08 Å². The molecule has 0 aromatic carbocycles. The van der Waals surface area contributed by atoms with Crippen LogP contribution >= 0.6 is 0 Å². The number of carbonyl (C=O) groups excluding carboxylic acids is 1. The molecular formula is C13H22O. The Morgan fingerprint density at radius 3 is 2.07 bits per heavy atom. The molecule has 1 rings (SSSR count). The lowest BCUT2D eigenvalue weighted by Gasteiger charge is -1.99. The smallest absolute Gasteiger partial charge is 0.155 e. The third kappa shape index (κ3) is 5.95. The molecule has 0 radical (unpaired) electrons. The molecule has 1 nitrogen and oxygen atoms in total. The SMILES string of the molecule is O=C1/C=C/CCCCCCCCCC1. The van der Waals surface area contributed by atoms with Crippen molar-refractivity contribution in [3.05, 3.63) is 12.2 Å². The maximum Gasteiger partial charge on any atom is 0.155 e. The Morgan fingerprint density at radius 2 is 1.36 bits per heavy atom. The van der Waals surface area contributed by atoms with Crippen molar-refractivity contribution in [2.45, 2.75) is 64.2 Å². The van der Waals surface area contributed by atoms with Gasteiger partial charge in [-0.3, -0.25) is 4.79 Å². The van der Waals surface area contributed by atoms with Crippen LogP contribution in [-0.2, 0) is 4.79 Å². The zero-order valence-corrected chi connectivity index (χ0v) is 9.13. The summed E-state index contributed by atoms with van der Waals surface area (Å²) < 4.78 is 0. The molecule has 0 saturated heterocycles. The molecule has 1 aliphatic rings. The summed E-state index contributed by atoms with van der Waals surface area (Å²) in [5.41, 5.74) is 0. The molecule has 14 heavy (non-hydrogen) atoms. The lowest BCUT2D eigenvalue weighted by molar-refractivity contribution is -0.114. The summed E-state index contributed by atoms with van der Waals surface area (Å²) in [7, 11) is 0. The largest absolute Gasteiger partial charge is 0.295 e. The molecule has 0 atom stereocenters. The molecule has 0 aliphatic heterocycles. The van der Waals surface area contributed by atoms with Gasteiger partial charge < -0.3 is 0 Å². The monoisotopic (exact) mass is 194 g/mol. The van der Waals surface area contributed by atoms with Gasteiger partial charge in [0.1, 0.15) is 0 Å². The first kappa shape index (κ1) is 11.5. The Hall–Kier alpha value is -0.590. The lowest BCUT2D eigenvalue weighted by atomic mass is 10.1. The van der Waals surface area contributed by atoms with Crippen molar-refractivity contribution < 1.29 is 4.79 Å². The van der Waals surface area contributed by atoms with E-state index in [9.17, 15) is 4.79 Å². The van der Waals surface area contributed by atoms with E-state index >= 15 is 0 Å². The van der Waals surface area contributed by atoms with E-state index in [1.807, 2.05) is 0 Å². The predicted octanol–water partition coefficient (Wildman–Crippen LogP) is 4.03. The highest BCUT2D eigenvalue weighted by atomic mass is 16.1. The second kappa shape index (κ2) is 7.78. The van der Waals surface area contributed by atoms with Gasteiger partial charge in [0.15, 0.2) is 5.78 Å². The Bertz CT molecular complexity index is 182. The van der Waals surface area contributed by atoms with Crippen molar-refractivity contribution in [3.63, 3.8) is 0 Å². The van der Waals surface area contributed by atoms with Gasteiger partial charge in [-0.1, -0.05) is 44.6 Å². The maximum atomic E-state index is 11.3. The zero-order chi connectivity index (χ0) is 10.1. The summed E-state index contributed by atoms with van der Waals surface area (Å²) in [6.07, 6.45) is 16.0. The number of hydrogen-bond acceptors (Lipinski definition) is 1. The average molecular weight is 194 g/mol. The second-order valence-electron chi connectivity index (χ2n) is 4.24. The summed E-state index contributed by atoms with van der Waals surface area (Å²) in [5, 5.41) is 0.